The zero-order valence-electron chi connectivity index (χ0n) is 6.95. The lowest BCUT2D eigenvalue weighted by molar-refractivity contribution is 1.57. The Morgan fingerprint density at radius 3 is 2.42 bits per heavy atom. The van der Waals surface area contributed by atoms with E-state index in [1.807, 2.05) is 37.3 Å². The summed E-state index contributed by atoms with van der Waals surface area (Å²) < 4.78 is 0. The Hall–Kier alpha value is -1.15. The van der Waals surface area contributed by atoms with E-state index in [9.17, 15) is 0 Å². The summed E-state index contributed by atoms with van der Waals surface area (Å²) in [4.78, 5) is 0.427. The molecule has 0 aliphatic rings. The maximum atomic E-state index is 5.39. The standard InChI is InChI=1S/C10H11NS/c1-8(7-10(11)12)9-5-3-2-4-6-9/h2-7H,1H3,(H2,11,12). The van der Waals surface area contributed by atoms with Crippen LogP contribution in [0.5, 0.6) is 0 Å². The van der Waals surface area contributed by atoms with Crippen molar-refractivity contribution in [2.24, 2.45) is 5.73 Å². The summed E-state index contributed by atoms with van der Waals surface area (Å²) in [6.07, 6.45) is 1.80. The van der Waals surface area contributed by atoms with Crippen molar-refractivity contribution < 1.29 is 0 Å². The van der Waals surface area contributed by atoms with E-state index in [1.54, 1.807) is 6.08 Å². The molecule has 62 valence electrons. The molecule has 0 radical (unpaired) electrons. The van der Waals surface area contributed by atoms with Gasteiger partial charge in [-0.25, -0.2) is 0 Å². The molecule has 12 heavy (non-hydrogen) atoms. The quantitative estimate of drug-likeness (QED) is 0.554. The smallest absolute Gasteiger partial charge is 0.0964 e. The van der Waals surface area contributed by atoms with Crippen LogP contribution in [0.1, 0.15) is 12.5 Å². The van der Waals surface area contributed by atoms with E-state index >= 15 is 0 Å². The highest BCUT2D eigenvalue weighted by Crippen LogP contribution is 2.11. The third-order valence-electron chi connectivity index (χ3n) is 1.59. The maximum Gasteiger partial charge on any atom is 0.0964 e. The largest absolute Gasteiger partial charge is 0.390 e. The third-order valence-corrected chi connectivity index (χ3v) is 1.71. The van der Waals surface area contributed by atoms with Crippen molar-refractivity contribution in [2.45, 2.75) is 6.92 Å². The predicted octanol–water partition coefficient (Wildman–Crippen LogP) is 2.38. The number of allylic oxidation sites excluding steroid dienone is 1. The lowest BCUT2D eigenvalue weighted by Gasteiger charge is -1.99. The van der Waals surface area contributed by atoms with E-state index < -0.39 is 0 Å². The summed E-state index contributed by atoms with van der Waals surface area (Å²) in [5, 5.41) is 0. The summed E-state index contributed by atoms with van der Waals surface area (Å²) in [6.45, 7) is 1.99. The van der Waals surface area contributed by atoms with E-state index in [-0.39, 0.29) is 0 Å². The lowest BCUT2D eigenvalue weighted by atomic mass is 10.1. The molecule has 0 spiro atoms. The Bertz CT molecular complexity index is 301. The van der Waals surface area contributed by atoms with Crippen molar-refractivity contribution in [2.75, 3.05) is 0 Å². The van der Waals surface area contributed by atoms with E-state index in [1.165, 1.54) is 0 Å². The van der Waals surface area contributed by atoms with Gasteiger partial charge in [0.25, 0.3) is 0 Å². The van der Waals surface area contributed by atoms with Crippen LogP contribution in [0.25, 0.3) is 5.57 Å². The topological polar surface area (TPSA) is 26.0 Å². The van der Waals surface area contributed by atoms with Gasteiger partial charge in [0, 0.05) is 0 Å². The van der Waals surface area contributed by atoms with E-state index in [2.05, 4.69) is 0 Å². The molecule has 0 aliphatic carbocycles. The highest BCUT2D eigenvalue weighted by Gasteiger charge is 1.92. The minimum atomic E-state index is 0.427. The van der Waals surface area contributed by atoms with Gasteiger partial charge >= 0.3 is 0 Å². The second-order valence-electron chi connectivity index (χ2n) is 2.60. The molecular formula is C10H11NS. The predicted molar refractivity (Wildman–Crippen MR) is 56.9 cm³/mol. The number of hydrogen-bond acceptors (Lipinski definition) is 1. The maximum absolute atomic E-state index is 5.39. The lowest BCUT2D eigenvalue weighted by Crippen LogP contribution is -2.03. The molecule has 0 atom stereocenters. The Balaban J connectivity index is 2.93. The Morgan fingerprint density at radius 1 is 1.33 bits per heavy atom. The molecule has 1 aromatic rings. The van der Waals surface area contributed by atoms with Gasteiger partial charge in [0.15, 0.2) is 0 Å². The van der Waals surface area contributed by atoms with Crippen LogP contribution < -0.4 is 5.73 Å². The van der Waals surface area contributed by atoms with Crippen molar-refractivity contribution in [3.05, 3.63) is 42.0 Å². The summed E-state index contributed by atoms with van der Waals surface area (Å²) in [6, 6.07) is 10.0. The number of benzene rings is 1. The van der Waals surface area contributed by atoms with Crippen LogP contribution in [0.3, 0.4) is 0 Å². The van der Waals surface area contributed by atoms with Crippen LogP contribution in [-0.2, 0) is 0 Å². The SMILES string of the molecule is CC(=CC(N)=S)c1ccccc1. The molecule has 0 heterocycles. The first-order valence-electron chi connectivity index (χ1n) is 3.73. The molecule has 0 unspecified atom stereocenters. The fraction of sp³-hybridized carbons (Fsp3) is 0.100. The van der Waals surface area contributed by atoms with Crippen molar-refractivity contribution >= 4 is 22.8 Å². The van der Waals surface area contributed by atoms with Crippen LogP contribution in [0.2, 0.25) is 0 Å². The molecule has 0 aliphatic heterocycles. The first-order chi connectivity index (χ1) is 5.70. The van der Waals surface area contributed by atoms with E-state index in [0.29, 0.717) is 4.99 Å². The number of hydrogen-bond donors (Lipinski definition) is 1. The first kappa shape index (κ1) is 8.94. The third kappa shape index (κ3) is 2.47. The molecule has 0 aromatic heterocycles. The van der Waals surface area contributed by atoms with Crippen LogP contribution >= 0.6 is 12.2 Å². The van der Waals surface area contributed by atoms with Crippen molar-refractivity contribution in [3.63, 3.8) is 0 Å². The van der Waals surface area contributed by atoms with Crippen LogP contribution in [-0.4, -0.2) is 4.99 Å². The molecular weight excluding hydrogens is 166 g/mol. The molecule has 2 heteroatoms. The second kappa shape index (κ2) is 4.02. The van der Waals surface area contributed by atoms with E-state index in [0.717, 1.165) is 11.1 Å². The van der Waals surface area contributed by atoms with Crippen LogP contribution in [0.4, 0.5) is 0 Å². The zero-order valence-corrected chi connectivity index (χ0v) is 7.77. The minimum Gasteiger partial charge on any atom is -0.390 e. The van der Waals surface area contributed by atoms with Gasteiger partial charge < -0.3 is 5.73 Å². The Labute approximate surface area is 77.9 Å². The monoisotopic (exact) mass is 177 g/mol. The van der Waals surface area contributed by atoms with Gasteiger partial charge in [-0.1, -0.05) is 42.5 Å². The van der Waals surface area contributed by atoms with Gasteiger partial charge in [-0.3, -0.25) is 0 Å². The van der Waals surface area contributed by atoms with Crippen molar-refractivity contribution in [3.8, 4) is 0 Å². The summed E-state index contributed by atoms with van der Waals surface area (Å²) >= 11 is 4.77. The van der Waals surface area contributed by atoms with Crippen molar-refractivity contribution in [1.82, 2.24) is 0 Å². The van der Waals surface area contributed by atoms with Gasteiger partial charge in [0.2, 0.25) is 0 Å². The molecule has 0 amide bonds. The number of nitrogens with two attached hydrogens (primary N) is 1. The van der Waals surface area contributed by atoms with Gasteiger partial charge in [-0.05, 0) is 24.1 Å². The molecule has 2 N–H and O–H groups in total. The van der Waals surface area contributed by atoms with Gasteiger partial charge in [0.05, 0.1) is 4.99 Å². The summed E-state index contributed by atoms with van der Waals surface area (Å²) in [7, 11) is 0. The van der Waals surface area contributed by atoms with Gasteiger partial charge in [0.1, 0.15) is 0 Å². The fourth-order valence-corrected chi connectivity index (χ4v) is 1.17. The highest BCUT2D eigenvalue weighted by atomic mass is 32.1. The average Bonchev–Trinajstić information content (AvgIpc) is 2.05. The van der Waals surface area contributed by atoms with Crippen molar-refractivity contribution in [1.29, 1.82) is 0 Å². The molecule has 1 aromatic carbocycles. The second-order valence-corrected chi connectivity index (χ2v) is 3.07. The van der Waals surface area contributed by atoms with Crippen LogP contribution in [0, 0.1) is 0 Å². The van der Waals surface area contributed by atoms with Crippen LogP contribution in [0.15, 0.2) is 36.4 Å². The van der Waals surface area contributed by atoms with Gasteiger partial charge in [-0.2, -0.15) is 0 Å². The Morgan fingerprint density at radius 2 is 1.92 bits per heavy atom. The molecule has 0 saturated heterocycles. The normalized spacial score (nSPS) is 11.2. The number of rotatable bonds is 2. The molecule has 0 fully saturated rings. The highest BCUT2D eigenvalue weighted by molar-refractivity contribution is 7.80. The fourth-order valence-electron chi connectivity index (χ4n) is 0.998. The molecule has 0 bridgehead atoms. The molecule has 1 rings (SSSR count). The number of thiocarbonyl (C=S) groups is 1. The molecule has 1 nitrogen and oxygen atoms in total. The summed E-state index contributed by atoms with van der Waals surface area (Å²) in [5.74, 6) is 0. The minimum absolute atomic E-state index is 0.427. The van der Waals surface area contributed by atoms with E-state index in [4.69, 9.17) is 18.0 Å². The first-order valence-corrected chi connectivity index (χ1v) is 4.14. The zero-order chi connectivity index (χ0) is 8.97. The average molecular weight is 177 g/mol. The Kier molecular flexibility index (Phi) is 3.00. The van der Waals surface area contributed by atoms with Gasteiger partial charge in [-0.15, -0.1) is 0 Å². The molecule has 0 saturated carbocycles. The summed E-state index contributed by atoms with van der Waals surface area (Å²) in [5.41, 5.74) is 7.64.